The third kappa shape index (κ3) is 5.36. The number of unbranched alkanes of at least 4 members (excludes halogenated alkanes) is 2. The van der Waals surface area contributed by atoms with Crippen LogP contribution < -0.4 is 16.0 Å². The third-order valence-electron chi connectivity index (χ3n) is 2.80. The summed E-state index contributed by atoms with van der Waals surface area (Å²) in [5, 5.41) is 0. The van der Waals surface area contributed by atoms with E-state index in [9.17, 15) is 14.0 Å². The number of Topliss-reactive ketones (excluding diaryl/α,β-unsaturated/α-hetero) is 1. The van der Waals surface area contributed by atoms with E-state index in [1.807, 2.05) is 0 Å². The molecule has 0 heterocycles. The normalized spacial score (nSPS) is 10.2. The highest BCUT2D eigenvalue weighted by Crippen LogP contribution is 2.17. The number of hydrazine groups is 1. The minimum atomic E-state index is -0.574. The zero-order chi connectivity index (χ0) is 15.0. The molecule has 1 rings (SSSR count). The molecular weight excluding hydrogens is 263 g/mol. The van der Waals surface area contributed by atoms with Crippen LogP contribution in [-0.2, 0) is 4.79 Å². The van der Waals surface area contributed by atoms with Gasteiger partial charge in [0.1, 0.15) is 11.6 Å². The molecule has 0 fully saturated rings. The summed E-state index contributed by atoms with van der Waals surface area (Å²) < 4.78 is 18.9. The lowest BCUT2D eigenvalue weighted by atomic mass is 10.1. The van der Waals surface area contributed by atoms with Gasteiger partial charge in [-0.15, -0.1) is 0 Å². The van der Waals surface area contributed by atoms with Gasteiger partial charge in [0.05, 0.1) is 12.2 Å². The highest BCUT2D eigenvalue weighted by Gasteiger charge is 2.08. The number of amides is 1. The topological polar surface area (TPSA) is 81.4 Å². The molecule has 0 aliphatic rings. The van der Waals surface area contributed by atoms with Crippen LogP contribution in [0, 0.1) is 5.82 Å². The van der Waals surface area contributed by atoms with Gasteiger partial charge in [-0.05, 0) is 38.3 Å². The average Bonchev–Trinajstić information content (AvgIpc) is 2.42. The zero-order valence-electron chi connectivity index (χ0n) is 11.4. The van der Waals surface area contributed by atoms with E-state index in [0.717, 1.165) is 19.3 Å². The van der Waals surface area contributed by atoms with E-state index in [-0.39, 0.29) is 17.3 Å². The Morgan fingerprint density at radius 3 is 2.65 bits per heavy atom. The summed E-state index contributed by atoms with van der Waals surface area (Å²) in [6.07, 6.45) is 2.69. The summed E-state index contributed by atoms with van der Waals surface area (Å²) in [5.41, 5.74) is 2.12. The van der Waals surface area contributed by atoms with Gasteiger partial charge < -0.3 is 4.74 Å². The fraction of sp³-hybridized carbons (Fsp3) is 0.429. The van der Waals surface area contributed by atoms with E-state index in [0.29, 0.717) is 18.8 Å². The molecule has 1 aromatic rings. The molecule has 0 saturated carbocycles. The number of ketones is 1. The molecule has 110 valence electrons. The Morgan fingerprint density at radius 1 is 1.30 bits per heavy atom. The summed E-state index contributed by atoms with van der Waals surface area (Å²) >= 11 is 0. The van der Waals surface area contributed by atoms with E-state index in [4.69, 9.17) is 10.6 Å². The van der Waals surface area contributed by atoms with Crippen LogP contribution in [0.4, 0.5) is 4.39 Å². The van der Waals surface area contributed by atoms with Gasteiger partial charge in [0, 0.05) is 12.5 Å². The Bertz CT molecular complexity index is 477. The van der Waals surface area contributed by atoms with Crippen LogP contribution in [-0.4, -0.2) is 18.3 Å². The van der Waals surface area contributed by atoms with Crippen LogP contribution in [0.3, 0.4) is 0 Å². The Morgan fingerprint density at radius 2 is 2.05 bits per heavy atom. The molecule has 5 nitrogen and oxygen atoms in total. The second kappa shape index (κ2) is 8.27. The maximum atomic E-state index is 13.5. The molecule has 20 heavy (non-hydrogen) atoms. The molecule has 0 unspecified atom stereocenters. The Hall–Kier alpha value is -1.95. The largest absolute Gasteiger partial charge is 0.493 e. The monoisotopic (exact) mass is 282 g/mol. The van der Waals surface area contributed by atoms with Crippen LogP contribution in [0.15, 0.2) is 18.2 Å². The van der Waals surface area contributed by atoms with Crippen molar-refractivity contribution in [2.75, 3.05) is 6.61 Å². The number of carbonyl (C=O) groups excluding carboxylic acids is 2. The van der Waals surface area contributed by atoms with Gasteiger partial charge in [0.25, 0.3) is 0 Å². The first-order valence-corrected chi connectivity index (χ1v) is 6.47. The second-order valence-electron chi connectivity index (χ2n) is 4.42. The fourth-order valence-corrected chi connectivity index (χ4v) is 1.70. The summed E-state index contributed by atoms with van der Waals surface area (Å²) in [6.45, 7) is 1.75. The van der Waals surface area contributed by atoms with Gasteiger partial charge in [0.15, 0.2) is 5.78 Å². The van der Waals surface area contributed by atoms with Crippen molar-refractivity contribution in [3.8, 4) is 5.75 Å². The van der Waals surface area contributed by atoms with Gasteiger partial charge in [-0.1, -0.05) is 0 Å². The maximum Gasteiger partial charge on any atom is 0.233 e. The summed E-state index contributed by atoms with van der Waals surface area (Å²) in [7, 11) is 0. The number of carbonyl (C=O) groups is 2. The van der Waals surface area contributed by atoms with Crippen molar-refractivity contribution in [2.45, 2.75) is 32.6 Å². The molecule has 0 aliphatic heterocycles. The van der Waals surface area contributed by atoms with Crippen LogP contribution >= 0.6 is 0 Å². The molecule has 0 atom stereocenters. The number of hydrogen-bond acceptors (Lipinski definition) is 4. The number of nitrogens with one attached hydrogen (secondary N) is 1. The van der Waals surface area contributed by atoms with Gasteiger partial charge >= 0.3 is 0 Å². The molecule has 0 aromatic heterocycles. The summed E-state index contributed by atoms with van der Waals surface area (Å²) in [4.78, 5) is 21.9. The molecule has 6 heteroatoms. The number of nitrogens with two attached hydrogens (primary N) is 1. The maximum absolute atomic E-state index is 13.5. The van der Waals surface area contributed by atoms with Crippen LogP contribution in [0.5, 0.6) is 5.75 Å². The molecule has 0 saturated heterocycles. The number of rotatable bonds is 8. The number of benzene rings is 1. The van der Waals surface area contributed by atoms with Crippen LogP contribution in [0.25, 0.3) is 0 Å². The van der Waals surface area contributed by atoms with E-state index in [1.165, 1.54) is 19.1 Å². The molecule has 3 N–H and O–H groups in total. The van der Waals surface area contributed by atoms with E-state index >= 15 is 0 Å². The minimum Gasteiger partial charge on any atom is -0.493 e. The Balaban J connectivity index is 2.27. The molecule has 1 aromatic carbocycles. The minimum absolute atomic E-state index is 0.0603. The standard InChI is InChI=1S/C14H19FN2O3/c1-10(18)12-7-6-11(9-13(12)15)20-8-4-2-3-5-14(19)17-16/h6-7,9H,2-5,8,16H2,1H3,(H,17,19). The van der Waals surface area contributed by atoms with Gasteiger partial charge in [-0.3, -0.25) is 15.0 Å². The lowest BCUT2D eigenvalue weighted by Crippen LogP contribution is -2.29. The smallest absolute Gasteiger partial charge is 0.233 e. The molecule has 0 radical (unpaired) electrons. The van der Waals surface area contributed by atoms with E-state index in [1.54, 1.807) is 6.07 Å². The molecule has 1 amide bonds. The van der Waals surface area contributed by atoms with Crippen molar-refractivity contribution >= 4 is 11.7 Å². The fourth-order valence-electron chi connectivity index (χ4n) is 1.70. The highest BCUT2D eigenvalue weighted by atomic mass is 19.1. The first-order chi connectivity index (χ1) is 9.54. The summed E-state index contributed by atoms with van der Waals surface area (Å²) in [5.74, 6) is 4.27. The number of halogens is 1. The first kappa shape index (κ1) is 16.1. The van der Waals surface area contributed by atoms with Crippen LogP contribution in [0.2, 0.25) is 0 Å². The van der Waals surface area contributed by atoms with Crippen LogP contribution in [0.1, 0.15) is 43.0 Å². The third-order valence-corrected chi connectivity index (χ3v) is 2.80. The SMILES string of the molecule is CC(=O)c1ccc(OCCCCCC(=O)NN)cc1F. The number of ether oxygens (including phenoxy) is 1. The lowest BCUT2D eigenvalue weighted by Gasteiger charge is -2.07. The van der Waals surface area contributed by atoms with Gasteiger partial charge in [0.2, 0.25) is 5.91 Å². The Labute approximate surface area is 117 Å². The zero-order valence-corrected chi connectivity index (χ0v) is 11.4. The van der Waals surface area contributed by atoms with Crippen molar-refractivity contribution in [1.29, 1.82) is 0 Å². The predicted octanol–water partition coefficient (Wildman–Crippen LogP) is 1.96. The van der Waals surface area contributed by atoms with Crippen molar-refractivity contribution in [2.24, 2.45) is 5.84 Å². The average molecular weight is 282 g/mol. The van der Waals surface area contributed by atoms with Crippen molar-refractivity contribution < 1.29 is 18.7 Å². The molecular formula is C14H19FN2O3. The Kier molecular flexibility index (Phi) is 6.66. The molecule has 0 bridgehead atoms. The lowest BCUT2D eigenvalue weighted by molar-refractivity contribution is -0.121. The van der Waals surface area contributed by atoms with Crippen molar-refractivity contribution in [1.82, 2.24) is 5.43 Å². The predicted molar refractivity (Wildman–Crippen MR) is 72.7 cm³/mol. The van der Waals surface area contributed by atoms with Gasteiger partial charge in [-0.25, -0.2) is 10.2 Å². The second-order valence-corrected chi connectivity index (χ2v) is 4.42. The van der Waals surface area contributed by atoms with Gasteiger partial charge in [-0.2, -0.15) is 0 Å². The van der Waals surface area contributed by atoms with E-state index in [2.05, 4.69) is 5.43 Å². The number of hydrogen-bond donors (Lipinski definition) is 2. The van der Waals surface area contributed by atoms with E-state index < -0.39 is 5.82 Å². The quantitative estimate of drug-likeness (QED) is 0.251. The summed E-state index contributed by atoms with van der Waals surface area (Å²) in [6, 6.07) is 4.19. The van der Waals surface area contributed by atoms with Crippen molar-refractivity contribution in [3.05, 3.63) is 29.6 Å². The molecule has 0 spiro atoms. The van der Waals surface area contributed by atoms with Crippen molar-refractivity contribution in [3.63, 3.8) is 0 Å². The highest BCUT2D eigenvalue weighted by molar-refractivity contribution is 5.94. The first-order valence-electron chi connectivity index (χ1n) is 6.47. The molecule has 0 aliphatic carbocycles.